The van der Waals surface area contributed by atoms with E-state index in [1.54, 1.807) is 14.2 Å². The number of benzene rings is 1. The SMILES string of the molecule is CCNc1snc2cc(OC)c(OC)cc12. The van der Waals surface area contributed by atoms with Crippen LogP contribution >= 0.6 is 11.5 Å². The van der Waals surface area contributed by atoms with E-state index in [0.29, 0.717) is 5.75 Å². The third-order valence-electron chi connectivity index (χ3n) is 2.32. The fraction of sp³-hybridized carbons (Fsp3) is 0.364. The van der Waals surface area contributed by atoms with Crippen LogP contribution in [0.3, 0.4) is 0 Å². The van der Waals surface area contributed by atoms with Gasteiger partial charge in [0, 0.05) is 18.0 Å². The molecule has 1 aromatic carbocycles. The number of anilines is 1. The number of hydrogen-bond acceptors (Lipinski definition) is 5. The molecule has 0 atom stereocenters. The molecule has 0 spiro atoms. The zero-order chi connectivity index (χ0) is 11.5. The molecule has 0 amide bonds. The summed E-state index contributed by atoms with van der Waals surface area (Å²) >= 11 is 1.45. The van der Waals surface area contributed by atoms with E-state index < -0.39 is 0 Å². The molecule has 0 aliphatic carbocycles. The first-order chi connectivity index (χ1) is 7.80. The number of nitrogens with one attached hydrogen (secondary N) is 1. The quantitative estimate of drug-likeness (QED) is 0.889. The standard InChI is InChI=1S/C11H14N2O2S/c1-4-12-11-7-5-9(14-2)10(15-3)6-8(7)13-16-11/h5-6,12H,4H2,1-3H3. The van der Waals surface area contributed by atoms with Crippen LogP contribution in [0.4, 0.5) is 5.00 Å². The third-order valence-corrected chi connectivity index (χ3v) is 3.15. The average Bonchev–Trinajstić information content (AvgIpc) is 2.70. The second-order valence-corrected chi connectivity index (χ2v) is 4.04. The fourth-order valence-electron chi connectivity index (χ4n) is 1.56. The summed E-state index contributed by atoms with van der Waals surface area (Å²) in [5, 5.41) is 5.42. The van der Waals surface area contributed by atoms with Crippen LogP contribution in [0.1, 0.15) is 6.92 Å². The number of rotatable bonds is 4. The summed E-state index contributed by atoms with van der Waals surface area (Å²) in [6, 6.07) is 3.85. The van der Waals surface area contributed by atoms with Crippen molar-refractivity contribution in [2.75, 3.05) is 26.1 Å². The van der Waals surface area contributed by atoms with Gasteiger partial charge < -0.3 is 14.8 Å². The Morgan fingerprint density at radius 2 is 1.94 bits per heavy atom. The maximum Gasteiger partial charge on any atom is 0.162 e. The van der Waals surface area contributed by atoms with Gasteiger partial charge in [-0.25, -0.2) is 0 Å². The lowest BCUT2D eigenvalue weighted by Gasteiger charge is -2.07. The minimum absolute atomic E-state index is 0.711. The highest BCUT2D eigenvalue weighted by Crippen LogP contribution is 2.36. The van der Waals surface area contributed by atoms with Crippen molar-refractivity contribution in [1.82, 2.24) is 4.37 Å². The van der Waals surface area contributed by atoms with E-state index in [9.17, 15) is 0 Å². The zero-order valence-corrected chi connectivity index (χ0v) is 10.4. The molecule has 16 heavy (non-hydrogen) atoms. The van der Waals surface area contributed by atoms with Gasteiger partial charge in [0.05, 0.1) is 19.7 Å². The third kappa shape index (κ3) is 1.78. The zero-order valence-electron chi connectivity index (χ0n) is 9.53. The molecule has 0 aliphatic rings. The summed E-state index contributed by atoms with van der Waals surface area (Å²) in [5.41, 5.74) is 0.929. The van der Waals surface area contributed by atoms with Crippen LogP contribution < -0.4 is 14.8 Å². The lowest BCUT2D eigenvalue weighted by molar-refractivity contribution is 0.356. The predicted molar refractivity (Wildman–Crippen MR) is 66.9 cm³/mol. The van der Waals surface area contributed by atoms with Gasteiger partial charge in [0.15, 0.2) is 11.5 Å². The summed E-state index contributed by atoms with van der Waals surface area (Å²) < 4.78 is 14.9. The molecule has 5 heteroatoms. The minimum Gasteiger partial charge on any atom is -0.493 e. The number of aromatic nitrogens is 1. The first-order valence-corrected chi connectivity index (χ1v) is 5.82. The monoisotopic (exact) mass is 238 g/mol. The van der Waals surface area contributed by atoms with Gasteiger partial charge in [-0.05, 0) is 24.5 Å². The van der Waals surface area contributed by atoms with Gasteiger partial charge in [0.1, 0.15) is 5.00 Å². The second kappa shape index (κ2) is 4.57. The Bertz CT molecular complexity index is 496. The predicted octanol–water partition coefficient (Wildman–Crippen LogP) is 2.75. The van der Waals surface area contributed by atoms with Crippen LogP contribution in [-0.4, -0.2) is 25.1 Å². The van der Waals surface area contributed by atoms with Crippen LogP contribution in [-0.2, 0) is 0 Å². The molecule has 0 saturated heterocycles. The lowest BCUT2D eigenvalue weighted by atomic mass is 10.2. The van der Waals surface area contributed by atoms with Crippen molar-refractivity contribution in [2.24, 2.45) is 0 Å². The summed E-state index contributed by atoms with van der Waals surface area (Å²) in [6.07, 6.45) is 0. The number of ether oxygens (including phenoxy) is 2. The number of nitrogens with zero attached hydrogens (tertiary/aromatic N) is 1. The molecular weight excluding hydrogens is 224 g/mol. The molecule has 0 bridgehead atoms. The van der Waals surface area contributed by atoms with E-state index in [1.807, 2.05) is 12.1 Å². The summed E-state index contributed by atoms with van der Waals surface area (Å²) in [6.45, 7) is 2.94. The Labute approximate surface area is 98.4 Å². The Hall–Kier alpha value is -1.49. The molecule has 1 heterocycles. The van der Waals surface area contributed by atoms with Crippen molar-refractivity contribution in [3.8, 4) is 11.5 Å². The van der Waals surface area contributed by atoms with Crippen molar-refractivity contribution in [2.45, 2.75) is 6.92 Å². The summed E-state index contributed by atoms with van der Waals surface area (Å²) in [4.78, 5) is 0. The highest BCUT2D eigenvalue weighted by molar-refractivity contribution is 7.11. The van der Waals surface area contributed by atoms with E-state index in [-0.39, 0.29) is 0 Å². The van der Waals surface area contributed by atoms with Crippen molar-refractivity contribution >= 4 is 27.4 Å². The lowest BCUT2D eigenvalue weighted by Crippen LogP contribution is -1.94. The Morgan fingerprint density at radius 3 is 2.56 bits per heavy atom. The molecule has 86 valence electrons. The van der Waals surface area contributed by atoms with Crippen molar-refractivity contribution in [3.05, 3.63) is 12.1 Å². The van der Waals surface area contributed by atoms with Crippen LogP contribution in [0.2, 0.25) is 0 Å². The smallest absolute Gasteiger partial charge is 0.162 e. The van der Waals surface area contributed by atoms with Gasteiger partial charge in [0.2, 0.25) is 0 Å². The topological polar surface area (TPSA) is 43.4 Å². The van der Waals surface area contributed by atoms with E-state index in [2.05, 4.69) is 16.6 Å². The van der Waals surface area contributed by atoms with Crippen LogP contribution in [0.5, 0.6) is 11.5 Å². The highest BCUT2D eigenvalue weighted by Gasteiger charge is 2.11. The van der Waals surface area contributed by atoms with E-state index in [1.165, 1.54) is 11.5 Å². The number of fused-ring (bicyclic) bond motifs is 1. The Kier molecular flexibility index (Phi) is 3.14. The molecule has 2 rings (SSSR count). The number of hydrogen-bond donors (Lipinski definition) is 1. The molecule has 2 aromatic rings. The van der Waals surface area contributed by atoms with Gasteiger partial charge in [-0.1, -0.05) is 0 Å². The second-order valence-electron chi connectivity index (χ2n) is 3.27. The van der Waals surface area contributed by atoms with E-state index in [0.717, 1.165) is 28.2 Å². The average molecular weight is 238 g/mol. The normalized spacial score (nSPS) is 10.4. The van der Waals surface area contributed by atoms with Crippen molar-refractivity contribution in [1.29, 1.82) is 0 Å². The van der Waals surface area contributed by atoms with Gasteiger partial charge in [-0.2, -0.15) is 4.37 Å². The molecule has 0 aliphatic heterocycles. The van der Waals surface area contributed by atoms with Crippen LogP contribution in [0, 0.1) is 0 Å². The molecule has 0 fully saturated rings. The largest absolute Gasteiger partial charge is 0.493 e. The van der Waals surface area contributed by atoms with Crippen molar-refractivity contribution in [3.63, 3.8) is 0 Å². The summed E-state index contributed by atoms with van der Waals surface area (Å²) in [5.74, 6) is 1.44. The van der Waals surface area contributed by atoms with Crippen LogP contribution in [0.15, 0.2) is 12.1 Å². The molecule has 1 aromatic heterocycles. The Balaban J connectivity index is 2.57. The van der Waals surface area contributed by atoms with Crippen molar-refractivity contribution < 1.29 is 9.47 Å². The van der Waals surface area contributed by atoms with Crippen LogP contribution in [0.25, 0.3) is 10.9 Å². The highest BCUT2D eigenvalue weighted by atomic mass is 32.1. The molecule has 4 nitrogen and oxygen atoms in total. The molecule has 0 radical (unpaired) electrons. The van der Waals surface area contributed by atoms with Gasteiger partial charge >= 0.3 is 0 Å². The Morgan fingerprint density at radius 1 is 1.25 bits per heavy atom. The fourth-order valence-corrected chi connectivity index (χ4v) is 2.37. The molecule has 0 unspecified atom stereocenters. The minimum atomic E-state index is 0.711. The maximum atomic E-state index is 5.27. The first-order valence-electron chi connectivity index (χ1n) is 5.05. The van der Waals surface area contributed by atoms with Gasteiger partial charge in [-0.3, -0.25) is 0 Å². The summed E-state index contributed by atoms with van der Waals surface area (Å²) in [7, 11) is 3.26. The molecule has 0 saturated carbocycles. The molecular formula is C11H14N2O2S. The first kappa shape index (κ1) is 11.0. The van der Waals surface area contributed by atoms with Gasteiger partial charge in [-0.15, -0.1) is 0 Å². The maximum absolute atomic E-state index is 5.27. The van der Waals surface area contributed by atoms with Gasteiger partial charge in [0.25, 0.3) is 0 Å². The van der Waals surface area contributed by atoms with E-state index in [4.69, 9.17) is 9.47 Å². The number of methoxy groups -OCH3 is 2. The van der Waals surface area contributed by atoms with E-state index >= 15 is 0 Å². The molecule has 1 N–H and O–H groups in total.